The normalized spacial score (nSPS) is 15.8. The Bertz CT molecular complexity index is 1100. The maximum Gasteiger partial charge on any atom is 0.282 e. The summed E-state index contributed by atoms with van der Waals surface area (Å²) >= 11 is 0. The second kappa shape index (κ2) is 8.75. The fourth-order valence-electron chi connectivity index (χ4n) is 4.07. The third kappa shape index (κ3) is 4.11. The molecule has 6 nitrogen and oxygen atoms in total. The maximum atomic E-state index is 13.4. The summed E-state index contributed by atoms with van der Waals surface area (Å²) in [7, 11) is 1.64. The summed E-state index contributed by atoms with van der Waals surface area (Å²) < 4.78 is 14.9. The predicted molar refractivity (Wildman–Crippen MR) is 114 cm³/mol. The van der Waals surface area contributed by atoms with Gasteiger partial charge in [0.15, 0.2) is 5.69 Å². The van der Waals surface area contributed by atoms with Crippen LogP contribution in [-0.4, -0.2) is 40.0 Å². The van der Waals surface area contributed by atoms with Crippen molar-refractivity contribution in [3.63, 3.8) is 0 Å². The smallest absolute Gasteiger partial charge is 0.282 e. The van der Waals surface area contributed by atoms with Gasteiger partial charge in [-0.25, -0.2) is 9.37 Å². The molecule has 1 amide bonds. The molecule has 0 spiro atoms. The number of benzene rings is 2. The Hall–Kier alpha value is -3.06. The number of amides is 1. The van der Waals surface area contributed by atoms with Gasteiger partial charge < -0.3 is 9.88 Å². The van der Waals surface area contributed by atoms with Crippen LogP contribution in [-0.2, 0) is 7.05 Å². The maximum absolute atomic E-state index is 13.4. The first kappa shape index (κ1) is 20.2. The lowest BCUT2D eigenvalue weighted by Gasteiger charge is -2.35. The predicted octanol–water partition coefficient (Wildman–Crippen LogP) is 3.03. The van der Waals surface area contributed by atoms with Crippen LogP contribution in [0.4, 0.5) is 4.39 Å². The van der Waals surface area contributed by atoms with Gasteiger partial charge in [-0.15, -0.1) is 0 Å². The van der Waals surface area contributed by atoms with Crippen molar-refractivity contribution in [1.82, 2.24) is 19.8 Å². The van der Waals surface area contributed by atoms with Gasteiger partial charge in [-0.2, -0.15) is 0 Å². The van der Waals surface area contributed by atoms with E-state index >= 15 is 0 Å². The molecule has 0 radical (unpaired) electrons. The molecule has 0 aliphatic carbocycles. The highest BCUT2D eigenvalue weighted by molar-refractivity contribution is 5.93. The summed E-state index contributed by atoms with van der Waals surface area (Å²) in [4.78, 5) is 32.1. The third-order valence-corrected chi connectivity index (χ3v) is 5.74. The number of hydrogen-bond donors (Lipinski definition) is 1. The number of aromatic nitrogens is 2. The van der Waals surface area contributed by atoms with Crippen molar-refractivity contribution in [2.75, 3.05) is 19.6 Å². The van der Waals surface area contributed by atoms with Crippen LogP contribution in [0, 0.1) is 5.82 Å². The molecule has 1 aliphatic heterocycles. The molecular formula is C23H25FN4O2. The minimum atomic E-state index is -0.495. The van der Waals surface area contributed by atoms with Crippen LogP contribution in [0.1, 0.15) is 41.4 Å². The Balaban J connectivity index is 1.58. The second-order valence-corrected chi connectivity index (χ2v) is 7.69. The number of piperidine rings is 1. The molecule has 4 rings (SSSR count). The zero-order valence-electron chi connectivity index (χ0n) is 17.0. The molecule has 1 atom stereocenters. The molecule has 1 unspecified atom stereocenters. The van der Waals surface area contributed by atoms with Crippen molar-refractivity contribution in [1.29, 1.82) is 0 Å². The number of rotatable bonds is 5. The number of likely N-dealkylation sites (tertiary alicyclic amines) is 1. The summed E-state index contributed by atoms with van der Waals surface area (Å²) in [6.45, 7) is 2.17. The number of aryl methyl sites for hydroxylation is 1. The van der Waals surface area contributed by atoms with Crippen LogP contribution < -0.4 is 10.9 Å². The molecule has 30 heavy (non-hydrogen) atoms. The zero-order valence-corrected chi connectivity index (χ0v) is 17.0. The number of halogens is 1. The van der Waals surface area contributed by atoms with E-state index in [0.29, 0.717) is 17.6 Å². The summed E-state index contributed by atoms with van der Waals surface area (Å²) in [6.07, 6.45) is 3.38. The minimum absolute atomic E-state index is 0.0841. The SMILES string of the molecule is Cn1c(=O)c(C(=O)NCC(c2ccc(F)cc2)N2CCCCC2)nc2ccccc21. The van der Waals surface area contributed by atoms with Gasteiger partial charge in [0, 0.05) is 13.6 Å². The number of para-hydroxylation sites is 2. The van der Waals surface area contributed by atoms with E-state index in [4.69, 9.17) is 0 Å². The van der Waals surface area contributed by atoms with E-state index in [1.165, 1.54) is 23.1 Å². The van der Waals surface area contributed by atoms with E-state index in [1.807, 2.05) is 12.1 Å². The van der Waals surface area contributed by atoms with Gasteiger partial charge in [0.1, 0.15) is 5.82 Å². The standard InChI is InChI=1S/C23H25FN4O2/c1-27-19-8-4-3-7-18(19)26-21(23(27)30)22(29)25-15-20(28-13-5-2-6-14-28)16-9-11-17(24)12-10-16/h3-4,7-12,20H,2,5-6,13-15H2,1H3,(H,25,29). The Morgan fingerprint density at radius 1 is 1.10 bits per heavy atom. The highest BCUT2D eigenvalue weighted by Crippen LogP contribution is 2.24. The number of nitrogens with one attached hydrogen (secondary N) is 1. The van der Waals surface area contributed by atoms with E-state index < -0.39 is 11.5 Å². The van der Waals surface area contributed by atoms with E-state index in [1.54, 1.807) is 31.3 Å². The molecule has 3 aromatic rings. The van der Waals surface area contributed by atoms with Crippen LogP contribution in [0.5, 0.6) is 0 Å². The summed E-state index contributed by atoms with van der Waals surface area (Å²) in [5.41, 5.74) is 1.67. The molecule has 1 aromatic heterocycles. The van der Waals surface area contributed by atoms with Gasteiger partial charge in [0.25, 0.3) is 11.5 Å². The van der Waals surface area contributed by atoms with E-state index in [2.05, 4.69) is 15.2 Å². The van der Waals surface area contributed by atoms with E-state index in [0.717, 1.165) is 31.5 Å². The number of hydrogen-bond acceptors (Lipinski definition) is 4. The van der Waals surface area contributed by atoms with Gasteiger partial charge in [0.2, 0.25) is 0 Å². The molecule has 0 bridgehead atoms. The van der Waals surface area contributed by atoms with Gasteiger partial charge in [-0.1, -0.05) is 30.7 Å². The van der Waals surface area contributed by atoms with Gasteiger partial charge >= 0.3 is 0 Å². The highest BCUT2D eigenvalue weighted by Gasteiger charge is 2.24. The van der Waals surface area contributed by atoms with Crippen molar-refractivity contribution in [3.05, 3.63) is 76.0 Å². The number of carbonyl (C=O) groups is 1. The van der Waals surface area contributed by atoms with Gasteiger partial charge in [-0.3, -0.25) is 14.5 Å². The van der Waals surface area contributed by atoms with E-state index in [9.17, 15) is 14.0 Å². The lowest BCUT2D eigenvalue weighted by atomic mass is 10.0. The molecule has 1 saturated heterocycles. The van der Waals surface area contributed by atoms with E-state index in [-0.39, 0.29) is 17.6 Å². The number of fused-ring (bicyclic) bond motifs is 1. The average Bonchev–Trinajstić information content (AvgIpc) is 2.78. The molecule has 1 aliphatic rings. The van der Waals surface area contributed by atoms with Crippen molar-refractivity contribution in [3.8, 4) is 0 Å². The first-order valence-corrected chi connectivity index (χ1v) is 10.3. The Kier molecular flexibility index (Phi) is 5.90. The fourth-order valence-corrected chi connectivity index (χ4v) is 4.07. The Morgan fingerprint density at radius 3 is 2.53 bits per heavy atom. The van der Waals surface area contributed by atoms with Crippen LogP contribution in [0.3, 0.4) is 0 Å². The molecule has 1 N–H and O–H groups in total. The molecule has 0 saturated carbocycles. The summed E-state index contributed by atoms with van der Waals surface area (Å²) in [5, 5.41) is 2.89. The van der Waals surface area contributed by atoms with Crippen LogP contribution in [0.15, 0.2) is 53.3 Å². The molecule has 156 valence electrons. The van der Waals surface area contributed by atoms with Crippen molar-refractivity contribution >= 4 is 16.9 Å². The van der Waals surface area contributed by atoms with Crippen molar-refractivity contribution in [2.45, 2.75) is 25.3 Å². The highest BCUT2D eigenvalue weighted by atomic mass is 19.1. The Labute approximate surface area is 174 Å². The Morgan fingerprint density at radius 2 is 1.80 bits per heavy atom. The summed E-state index contributed by atoms with van der Waals surface area (Å²) in [5.74, 6) is -0.783. The number of carbonyl (C=O) groups excluding carboxylic acids is 1. The molecular weight excluding hydrogens is 383 g/mol. The van der Waals surface area contributed by atoms with Gasteiger partial charge in [-0.05, 0) is 55.8 Å². The number of nitrogens with zero attached hydrogens (tertiary/aromatic N) is 3. The van der Waals surface area contributed by atoms with Gasteiger partial charge in [0.05, 0.1) is 17.1 Å². The van der Waals surface area contributed by atoms with Crippen molar-refractivity contribution < 1.29 is 9.18 Å². The second-order valence-electron chi connectivity index (χ2n) is 7.69. The summed E-state index contributed by atoms with van der Waals surface area (Å²) in [6, 6.07) is 13.5. The molecule has 1 fully saturated rings. The molecule has 2 aromatic carbocycles. The fraction of sp³-hybridized carbons (Fsp3) is 0.348. The largest absolute Gasteiger partial charge is 0.349 e. The topological polar surface area (TPSA) is 67.2 Å². The van der Waals surface area contributed by atoms with Crippen LogP contribution >= 0.6 is 0 Å². The average molecular weight is 408 g/mol. The molecule has 7 heteroatoms. The van der Waals surface area contributed by atoms with Crippen LogP contribution in [0.25, 0.3) is 11.0 Å². The lowest BCUT2D eigenvalue weighted by molar-refractivity contribution is 0.0917. The minimum Gasteiger partial charge on any atom is -0.349 e. The monoisotopic (exact) mass is 408 g/mol. The third-order valence-electron chi connectivity index (χ3n) is 5.74. The first-order valence-electron chi connectivity index (χ1n) is 10.3. The van der Waals surface area contributed by atoms with Crippen molar-refractivity contribution in [2.24, 2.45) is 7.05 Å². The zero-order chi connectivity index (χ0) is 21.1. The first-order chi connectivity index (χ1) is 14.5. The van der Waals surface area contributed by atoms with Crippen LogP contribution in [0.2, 0.25) is 0 Å². The quantitative estimate of drug-likeness (QED) is 0.705. The lowest BCUT2D eigenvalue weighted by Crippen LogP contribution is -2.42. The molecule has 2 heterocycles.